The van der Waals surface area contributed by atoms with E-state index in [-0.39, 0.29) is 40.9 Å². The Balaban J connectivity index is 1.48. The number of sulfonamides is 1. The first-order valence-corrected chi connectivity index (χ1v) is 13.4. The molecule has 13 heteroatoms. The van der Waals surface area contributed by atoms with Crippen LogP contribution in [-0.4, -0.2) is 52.8 Å². The third-order valence-corrected chi connectivity index (χ3v) is 8.91. The summed E-state index contributed by atoms with van der Waals surface area (Å²) in [6, 6.07) is 6.74. The number of nitrogens with one attached hydrogen (secondary N) is 1. The molecule has 3 aliphatic rings. The van der Waals surface area contributed by atoms with Crippen molar-refractivity contribution in [3.63, 3.8) is 0 Å². The Morgan fingerprint density at radius 1 is 1.13 bits per heavy atom. The molecule has 1 aliphatic carbocycles. The van der Waals surface area contributed by atoms with Crippen LogP contribution in [0, 0.1) is 6.92 Å². The normalized spacial score (nSPS) is 23.5. The van der Waals surface area contributed by atoms with Crippen molar-refractivity contribution in [2.75, 3.05) is 18.9 Å². The van der Waals surface area contributed by atoms with Crippen LogP contribution in [0.5, 0.6) is 0 Å². The molecule has 38 heavy (non-hydrogen) atoms. The van der Waals surface area contributed by atoms with E-state index in [4.69, 9.17) is 10.5 Å². The van der Waals surface area contributed by atoms with Crippen LogP contribution in [-0.2, 0) is 20.9 Å². The van der Waals surface area contributed by atoms with Gasteiger partial charge in [-0.05, 0) is 62.4 Å². The molecular formula is C25H26F3N5O4S. The molecule has 3 fully saturated rings. The van der Waals surface area contributed by atoms with E-state index < -0.39 is 33.0 Å². The van der Waals surface area contributed by atoms with Gasteiger partial charge >= 0.3 is 6.18 Å². The molecule has 0 unspecified atom stereocenters. The number of pyridine rings is 1. The zero-order chi connectivity index (χ0) is 27.3. The van der Waals surface area contributed by atoms with Crippen molar-refractivity contribution in [1.82, 2.24) is 19.7 Å². The lowest BCUT2D eigenvalue weighted by molar-refractivity contribution is -0.175. The number of nitrogens with two attached hydrogens (primary N) is 1. The maximum Gasteiger partial charge on any atom is 0.433 e. The number of halogens is 3. The van der Waals surface area contributed by atoms with Crippen LogP contribution in [0.2, 0.25) is 0 Å². The van der Waals surface area contributed by atoms with E-state index in [2.05, 4.69) is 19.7 Å². The summed E-state index contributed by atoms with van der Waals surface area (Å²) >= 11 is 0. The van der Waals surface area contributed by atoms with E-state index in [9.17, 15) is 26.7 Å². The van der Waals surface area contributed by atoms with Gasteiger partial charge in [-0.25, -0.2) is 23.1 Å². The maximum absolute atomic E-state index is 13.4. The van der Waals surface area contributed by atoms with Crippen molar-refractivity contribution in [3.8, 4) is 22.5 Å². The topological polar surface area (TPSA) is 140 Å². The molecular weight excluding hydrogens is 523 g/mol. The number of nitrogen functional groups attached to an aromatic ring is 1. The van der Waals surface area contributed by atoms with Gasteiger partial charge in [0.2, 0.25) is 10.0 Å². The van der Waals surface area contributed by atoms with Crippen LogP contribution >= 0.6 is 0 Å². The van der Waals surface area contributed by atoms with E-state index in [1.54, 1.807) is 13.0 Å². The van der Waals surface area contributed by atoms with Crippen molar-refractivity contribution in [3.05, 3.63) is 54.0 Å². The second kappa shape index (κ2) is 9.26. The Morgan fingerprint density at radius 3 is 2.50 bits per heavy atom. The zero-order valence-electron chi connectivity index (χ0n) is 20.4. The lowest BCUT2D eigenvalue weighted by atomic mass is 9.72. The van der Waals surface area contributed by atoms with Crippen LogP contribution in [0.3, 0.4) is 0 Å². The monoisotopic (exact) mass is 549 g/mol. The number of alkyl halides is 3. The summed E-state index contributed by atoms with van der Waals surface area (Å²) in [6.07, 6.45) is -0.0856. The van der Waals surface area contributed by atoms with Gasteiger partial charge in [0.05, 0.1) is 41.1 Å². The standard InChI is InChI=1S/C25H26F3N5O4S/c1-15-2-3-17(38(35,36)33-23-5-7-24(13-34,8-6-23)37-14-23)11-18(15)19-12-31-22(29)21(32-19)16-4-9-30-20(10-16)25(26,27)28/h2-4,9-12,33-34H,5-8,13-14H2,1H3,(H2,29,31). The predicted molar refractivity (Wildman–Crippen MR) is 132 cm³/mol. The van der Waals surface area contributed by atoms with Gasteiger partial charge in [-0.15, -0.1) is 0 Å². The number of aromatic nitrogens is 3. The highest BCUT2D eigenvalue weighted by atomic mass is 32.2. The molecule has 4 heterocycles. The molecule has 1 aromatic carbocycles. The second-order valence-corrected chi connectivity index (χ2v) is 11.6. The van der Waals surface area contributed by atoms with Crippen molar-refractivity contribution < 1.29 is 31.4 Å². The molecule has 6 rings (SSSR count). The fourth-order valence-corrected chi connectivity index (χ4v) is 6.43. The number of anilines is 1. The molecule has 2 aromatic heterocycles. The van der Waals surface area contributed by atoms with Gasteiger partial charge in [0.15, 0.2) is 0 Å². The van der Waals surface area contributed by atoms with Gasteiger partial charge in [0, 0.05) is 17.3 Å². The minimum atomic E-state index is -4.65. The summed E-state index contributed by atoms with van der Waals surface area (Å²) in [5.41, 5.74) is 4.97. The third kappa shape index (κ3) is 4.86. The van der Waals surface area contributed by atoms with Crippen molar-refractivity contribution in [1.29, 1.82) is 0 Å². The highest BCUT2D eigenvalue weighted by molar-refractivity contribution is 7.89. The van der Waals surface area contributed by atoms with Crippen LogP contribution in [0.15, 0.2) is 47.6 Å². The van der Waals surface area contributed by atoms with E-state index >= 15 is 0 Å². The molecule has 2 saturated heterocycles. The lowest BCUT2D eigenvalue weighted by Crippen LogP contribution is -2.63. The molecule has 3 aromatic rings. The number of aliphatic hydroxyl groups excluding tert-OH is 1. The average molecular weight is 550 g/mol. The SMILES string of the molecule is Cc1ccc(S(=O)(=O)NC23CCC(CO)(CC2)OC3)cc1-c1cnc(N)c(-c2ccnc(C(F)(F)F)c2)n1. The van der Waals surface area contributed by atoms with Crippen molar-refractivity contribution >= 4 is 15.8 Å². The van der Waals surface area contributed by atoms with E-state index in [1.807, 2.05) is 0 Å². The first-order valence-electron chi connectivity index (χ1n) is 11.9. The van der Waals surface area contributed by atoms with Gasteiger partial charge in [-0.2, -0.15) is 13.2 Å². The molecule has 4 N–H and O–H groups in total. The fraction of sp³-hybridized carbons (Fsp3) is 0.400. The van der Waals surface area contributed by atoms with Gasteiger partial charge in [-0.1, -0.05) is 6.07 Å². The van der Waals surface area contributed by atoms with E-state index in [0.717, 1.165) is 12.3 Å². The van der Waals surface area contributed by atoms with Crippen molar-refractivity contribution in [2.24, 2.45) is 0 Å². The number of rotatable bonds is 6. The summed E-state index contributed by atoms with van der Waals surface area (Å²) < 4.78 is 75.0. The van der Waals surface area contributed by atoms with Gasteiger partial charge in [0.1, 0.15) is 17.2 Å². The number of ether oxygens (including phenoxy) is 1. The molecule has 202 valence electrons. The third-order valence-electron chi connectivity index (χ3n) is 7.33. The Morgan fingerprint density at radius 2 is 1.87 bits per heavy atom. The van der Waals surface area contributed by atoms with E-state index in [1.165, 1.54) is 24.4 Å². The quantitative estimate of drug-likeness (QED) is 0.425. The number of nitrogens with zero attached hydrogens (tertiary/aromatic N) is 3. The highest BCUT2D eigenvalue weighted by Crippen LogP contribution is 2.44. The Hall–Kier alpha value is -3.13. The average Bonchev–Trinajstić information content (AvgIpc) is 2.89. The summed E-state index contributed by atoms with van der Waals surface area (Å²) in [7, 11) is -3.97. The molecule has 0 amide bonds. The highest BCUT2D eigenvalue weighted by Gasteiger charge is 2.51. The van der Waals surface area contributed by atoms with Crippen LogP contribution in [0.1, 0.15) is 36.9 Å². The number of aliphatic hydroxyl groups is 1. The molecule has 1 saturated carbocycles. The largest absolute Gasteiger partial charge is 0.433 e. The van der Waals surface area contributed by atoms with E-state index in [0.29, 0.717) is 36.8 Å². The smallest absolute Gasteiger partial charge is 0.393 e. The summed E-state index contributed by atoms with van der Waals surface area (Å²) in [6.45, 7) is 1.83. The van der Waals surface area contributed by atoms with Crippen LogP contribution in [0.25, 0.3) is 22.5 Å². The molecule has 9 nitrogen and oxygen atoms in total. The molecule has 0 atom stereocenters. The molecule has 2 aliphatic heterocycles. The van der Waals surface area contributed by atoms with Crippen LogP contribution in [0.4, 0.5) is 19.0 Å². The van der Waals surface area contributed by atoms with Gasteiger partial charge < -0.3 is 15.6 Å². The number of hydrogen-bond acceptors (Lipinski definition) is 8. The number of fused-ring (bicyclic) bond motifs is 3. The Kier molecular flexibility index (Phi) is 6.45. The molecule has 2 bridgehead atoms. The second-order valence-electron chi connectivity index (χ2n) is 9.91. The summed E-state index contributed by atoms with van der Waals surface area (Å²) in [5, 5.41) is 9.65. The Bertz CT molecular complexity index is 1470. The minimum Gasteiger partial charge on any atom is -0.393 e. The predicted octanol–water partition coefficient (Wildman–Crippen LogP) is 3.47. The lowest BCUT2D eigenvalue weighted by Gasteiger charge is -2.52. The number of benzene rings is 1. The van der Waals surface area contributed by atoms with Gasteiger partial charge in [-0.3, -0.25) is 4.98 Å². The van der Waals surface area contributed by atoms with Crippen molar-refractivity contribution in [2.45, 2.75) is 54.8 Å². The first-order chi connectivity index (χ1) is 17.9. The number of aryl methyl sites for hydroxylation is 1. The van der Waals surface area contributed by atoms with Crippen LogP contribution < -0.4 is 10.5 Å². The summed E-state index contributed by atoms with van der Waals surface area (Å²) in [5.74, 6) is -0.0798. The fourth-order valence-electron chi connectivity index (χ4n) is 4.96. The molecule has 0 radical (unpaired) electrons. The first kappa shape index (κ1) is 26.5. The number of hydrogen-bond donors (Lipinski definition) is 3. The maximum atomic E-state index is 13.4. The zero-order valence-corrected chi connectivity index (χ0v) is 21.2. The molecule has 0 spiro atoms. The minimum absolute atomic E-state index is 0.000451. The summed E-state index contributed by atoms with van der Waals surface area (Å²) in [4.78, 5) is 11.9. The van der Waals surface area contributed by atoms with Gasteiger partial charge in [0.25, 0.3) is 0 Å². The Labute approximate surface area is 217 Å².